The van der Waals surface area contributed by atoms with Crippen molar-refractivity contribution in [3.05, 3.63) is 35.2 Å². The molecule has 0 atom stereocenters. The summed E-state index contributed by atoms with van der Waals surface area (Å²) in [6, 6.07) is 6.20. The predicted octanol–water partition coefficient (Wildman–Crippen LogP) is 3.01. The van der Waals surface area contributed by atoms with E-state index in [-0.39, 0.29) is 12.3 Å². The number of rotatable bonds is 5. The molecular weight excluding hydrogens is 266 g/mol. The van der Waals surface area contributed by atoms with Crippen LogP contribution in [0.2, 0.25) is 0 Å². The van der Waals surface area contributed by atoms with Crippen LogP contribution >= 0.6 is 0 Å². The van der Waals surface area contributed by atoms with E-state index in [2.05, 4.69) is 56.1 Å². The first-order valence-corrected chi connectivity index (χ1v) is 7.14. The maximum absolute atomic E-state index is 11.0. The van der Waals surface area contributed by atoms with Gasteiger partial charge >= 0.3 is 0 Å². The second kappa shape index (κ2) is 6.08. The van der Waals surface area contributed by atoms with Crippen molar-refractivity contribution >= 4 is 5.91 Å². The minimum absolute atomic E-state index is 0.0339. The molecule has 0 saturated carbocycles. The lowest BCUT2D eigenvalue weighted by atomic mass is 9.88. The van der Waals surface area contributed by atoms with E-state index in [4.69, 9.17) is 10.2 Å². The third kappa shape index (κ3) is 3.29. The van der Waals surface area contributed by atoms with Crippen molar-refractivity contribution in [2.24, 2.45) is 5.73 Å². The van der Waals surface area contributed by atoms with Crippen LogP contribution in [-0.2, 0) is 11.2 Å². The van der Waals surface area contributed by atoms with Crippen molar-refractivity contribution in [1.82, 2.24) is 10.2 Å². The lowest BCUT2D eigenvalue weighted by Crippen LogP contribution is -2.13. The zero-order chi connectivity index (χ0) is 15.6. The highest BCUT2D eigenvalue weighted by atomic mass is 16.4. The molecule has 2 aromatic rings. The van der Waals surface area contributed by atoms with Gasteiger partial charge in [0, 0.05) is 5.56 Å². The Labute approximate surface area is 124 Å². The van der Waals surface area contributed by atoms with Crippen LogP contribution in [0.3, 0.4) is 0 Å². The summed E-state index contributed by atoms with van der Waals surface area (Å²) in [5, 5.41) is 8.02. The molecule has 0 spiro atoms. The highest BCUT2D eigenvalue weighted by Crippen LogP contribution is 2.35. The molecule has 112 valence electrons. The van der Waals surface area contributed by atoms with E-state index < -0.39 is 5.91 Å². The van der Waals surface area contributed by atoms with Gasteiger partial charge in [0.1, 0.15) is 6.42 Å². The average molecular weight is 287 g/mol. The highest BCUT2D eigenvalue weighted by molar-refractivity contribution is 5.75. The number of primary amides is 1. The van der Waals surface area contributed by atoms with Crippen molar-refractivity contribution in [1.29, 1.82) is 0 Å². The Morgan fingerprint density at radius 3 is 2.19 bits per heavy atom. The number of nitrogens with zero attached hydrogens (tertiary/aromatic N) is 2. The van der Waals surface area contributed by atoms with Crippen molar-refractivity contribution in [2.45, 2.75) is 46.0 Å². The number of carbonyl (C=O) groups is 1. The maximum Gasteiger partial charge on any atom is 0.248 e. The first kappa shape index (κ1) is 15.2. The lowest BCUT2D eigenvalue weighted by Gasteiger charge is -2.16. The topological polar surface area (TPSA) is 82.0 Å². The van der Waals surface area contributed by atoms with Gasteiger partial charge in [0.2, 0.25) is 17.7 Å². The van der Waals surface area contributed by atoms with Crippen LogP contribution in [-0.4, -0.2) is 16.1 Å². The standard InChI is InChI=1S/C16H21N3O2/c1-9(2)11-6-5-7-12(10(3)4)15(11)16-19-18-14(21-16)8-13(17)20/h5-7,9-10H,8H2,1-4H3,(H2,17,20). The summed E-state index contributed by atoms with van der Waals surface area (Å²) in [6.45, 7) is 8.51. The fraction of sp³-hybridized carbons (Fsp3) is 0.438. The van der Waals surface area contributed by atoms with Crippen LogP contribution in [0.25, 0.3) is 11.5 Å². The van der Waals surface area contributed by atoms with Gasteiger partial charge in [-0.15, -0.1) is 10.2 Å². The number of amides is 1. The molecule has 1 amide bonds. The van der Waals surface area contributed by atoms with Gasteiger partial charge in [0.15, 0.2) is 0 Å². The molecule has 1 heterocycles. The van der Waals surface area contributed by atoms with Crippen LogP contribution in [0.5, 0.6) is 0 Å². The van der Waals surface area contributed by atoms with E-state index in [1.54, 1.807) is 0 Å². The highest BCUT2D eigenvalue weighted by Gasteiger charge is 2.20. The quantitative estimate of drug-likeness (QED) is 0.916. The van der Waals surface area contributed by atoms with Gasteiger partial charge in [-0.05, 0) is 23.0 Å². The Kier molecular flexibility index (Phi) is 4.40. The third-order valence-corrected chi connectivity index (χ3v) is 3.38. The maximum atomic E-state index is 11.0. The number of hydrogen-bond acceptors (Lipinski definition) is 4. The molecule has 1 aromatic carbocycles. The van der Waals surface area contributed by atoms with Crippen LogP contribution in [0.1, 0.15) is 56.5 Å². The molecule has 0 saturated heterocycles. The SMILES string of the molecule is CC(C)c1cccc(C(C)C)c1-c1nnc(CC(N)=O)o1. The van der Waals surface area contributed by atoms with Gasteiger partial charge in [-0.3, -0.25) is 4.79 Å². The molecule has 1 aromatic heterocycles. The normalized spacial score (nSPS) is 11.3. The van der Waals surface area contributed by atoms with Crippen molar-refractivity contribution in [3.63, 3.8) is 0 Å². The van der Waals surface area contributed by atoms with E-state index in [1.165, 1.54) is 0 Å². The minimum Gasteiger partial charge on any atom is -0.420 e. The van der Waals surface area contributed by atoms with Crippen LogP contribution in [0.15, 0.2) is 22.6 Å². The number of aromatic nitrogens is 2. The molecule has 5 nitrogen and oxygen atoms in total. The monoisotopic (exact) mass is 287 g/mol. The molecule has 2 N–H and O–H groups in total. The molecule has 0 aliphatic rings. The predicted molar refractivity (Wildman–Crippen MR) is 80.8 cm³/mol. The Hall–Kier alpha value is -2.17. The zero-order valence-electron chi connectivity index (χ0n) is 12.9. The molecule has 0 radical (unpaired) electrons. The summed E-state index contributed by atoms with van der Waals surface area (Å²) < 4.78 is 5.64. The molecule has 0 fully saturated rings. The summed E-state index contributed by atoms with van der Waals surface area (Å²) in [5.74, 6) is 0.909. The Morgan fingerprint density at radius 1 is 1.14 bits per heavy atom. The van der Waals surface area contributed by atoms with Crippen LogP contribution in [0.4, 0.5) is 0 Å². The Morgan fingerprint density at radius 2 is 1.71 bits per heavy atom. The zero-order valence-corrected chi connectivity index (χ0v) is 12.9. The first-order valence-electron chi connectivity index (χ1n) is 7.14. The Bertz CT molecular complexity index is 618. The van der Waals surface area contributed by atoms with E-state index in [0.717, 1.165) is 16.7 Å². The second-order valence-corrected chi connectivity index (χ2v) is 5.76. The summed E-state index contributed by atoms with van der Waals surface area (Å²) in [7, 11) is 0. The largest absolute Gasteiger partial charge is 0.420 e. The molecule has 2 rings (SSSR count). The number of carbonyl (C=O) groups excluding carboxylic acids is 1. The minimum atomic E-state index is -0.480. The number of nitrogens with two attached hydrogens (primary N) is 1. The summed E-state index contributed by atoms with van der Waals surface area (Å²) in [6.07, 6.45) is -0.0339. The Balaban J connectivity index is 2.55. The lowest BCUT2D eigenvalue weighted by molar-refractivity contribution is -0.117. The fourth-order valence-corrected chi connectivity index (χ4v) is 2.37. The molecular formula is C16H21N3O2. The summed E-state index contributed by atoms with van der Waals surface area (Å²) in [4.78, 5) is 11.0. The van der Waals surface area contributed by atoms with Gasteiger partial charge in [0.25, 0.3) is 0 Å². The average Bonchev–Trinajstić information content (AvgIpc) is 2.84. The summed E-state index contributed by atoms with van der Waals surface area (Å²) in [5.41, 5.74) is 8.46. The molecule has 0 bridgehead atoms. The van der Waals surface area contributed by atoms with Crippen molar-refractivity contribution < 1.29 is 9.21 Å². The van der Waals surface area contributed by atoms with Crippen molar-refractivity contribution in [3.8, 4) is 11.5 Å². The number of benzene rings is 1. The van der Waals surface area contributed by atoms with E-state index in [1.807, 2.05) is 0 Å². The van der Waals surface area contributed by atoms with Gasteiger partial charge in [-0.1, -0.05) is 45.9 Å². The first-order chi connectivity index (χ1) is 9.90. The van der Waals surface area contributed by atoms with Crippen LogP contribution in [0, 0.1) is 0 Å². The third-order valence-electron chi connectivity index (χ3n) is 3.38. The molecule has 5 heteroatoms. The van der Waals surface area contributed by atoms with Gasteiger partial charge in [0.05, 0.1) is 0 Å². The van der Waals surface area contributed by atoms with Gasteiger partial charge < -0.3 is 10.2 Å². The second-order valence-electron chi connectivity index (χ2n) is 5.76. The van der Waals surface area contributed by atoms with E-state index in [9.17, 15) is 4.79 Å². The van der Waals surface area contributed by atoms with E-state index >= 15 is 0 Å². The smallest absolute Gasteiger partial charge is 0.248 e. The molecule has 21 heavy (non-hydrogen) atoms. The summed E-state index contributed by atoms with van der Waals surface area (Å²) >= 11 is 0. The van der Waals surface area contributed by atoms with Crippen molar-refractivity contribution in [2.75, 3.05) is 0 Å². The van der Waals surface area contributed by atoms with E-state index in [0.29, 0.717) is 17.7 Å². The molecule has 0 unspecified atom stereocenters. The van der Waals surface area contributed by atoms with Gasteiger partial charge in [-0.25, -0.2) is 0 Å². The van der Waals surface area contributed by atoms with Crippen LogP contribution < -0.4 is 5.73 Å². The number of hydrogen-bond donors (Lipinski definition) is 1. The van der Waals surface area contributed by atoms with Gasteiger partial charge in [-0.2, -0.15) is 0 Å². The molecule has 0 aliphatic heterocycles. The fourth-order valence-electron chi connectivity index (χ4n) is 2.37. The molecule has 0 aliphatic carbocycles.